The zero-order valence-electron chi connectivity index (χ0n) is 18.5. The minimum atomic E-state index is 0.435. The van der Waals surface area contributed by atoms with Crippen molar-refractivity contribution in [3.8, 4) is 22.8 Å². The predicted molar refractivity (Wildman–Crippen MR) is 135 cm³/mol. The highest BCUT2D eigenvalue weighted by atomic mass is 32.1. The number of anilines is 1. The lowest BCUT2D eigenvalue weighted by Gasteiger charge is -2.12. The highest BCUT2D eigenvalue weighted by molar-refractivity contribution is 7.14. The second-order valence-corrected chi connectivity index (χ2v) is 8.78. The number of nitrogens with zero attached hydrogens (tertiary/aromatic N) is 2. The standard InChI is InChI=1S/C27H25N3O2S/c1-31-26-13-10-19(14-23(26)17-32-24-12-11-20-8-5-9-22(20)15-24)16-28-30-27-29-25(18-33-27)21-6-3-2-4-7-21/h2-4,6-7,10-16,18H,5,8-9,17H2,1H3,(H,29,30). The van der Waals surface area contributed by atoms with Crippen LogP contribution >= 0.6 is 11.3 Å². The van der Waals surface area contributed by atoms with Crippen molar-refractivity contribution in [1.82, 2.24) is 4.98 Å². The van der Waals surface area contributed by atoms with Crippen LogP contribution in [0.2, 0.25) is 0 Å². The van der Waals surface area contributed by atoms with Gasteiger partial charge in [0.05, 0.1) is 19.0 Å². The largest absolute Gasteiger partial charge is 0.496 e. The second-order valence-electron chi connectivity index (χ2n) is 7.92. The Morgan fingerprint density at radius 1 is 1.03 bits per heavy atom. The molecule has 3 aromatic carbocycles. The summed E-state index contributed by atoms with van der Waals surface area (Å²) in [7, 11) is 1.68. The van der Waals surface area contributed by atoms with E-state index < -0.39 is 0 Å². The van der Waals surface area contributed by atoms with Crippen molar-refractivity contribution in [2.45, 2.75) is 25.9 Å². The van der Waals surface area contributed by atoms with Crippen LogP contribution in [0.3, 0.4) is 0 Å². The number of thiazole rings is 1. The van der Waals surface area contributed by atoms with Gasteiger partial charge in [0.15, 0.2) is 0 Å². The van der Waals surface area contributed by atoms with Crippen LogP contribution in [0.25, 0.3) is 11.3 Å². The van der Waals surface area contributed by atoms with Crippen LogP contribution in [0.5, 0.6) is 11.5 Å². The molecule has 0 spiro atoms. The Kier molecular flexibility index (Phi) is 6.35. The third-order valence-corrected chi connectivity index (χ3v) is 6.46. The molecular formula is C27H25N3O2S. The van der Waals surface area contributed by atoms with Crippen LogP contribution in [-0.2, 0) is 19.4 Å². The Morgan fingerprint density at radius 2 is 1.91 bits per heavy atom. The molecule has 0 amide bonds. The van der Waals surface area contributed by atoms with Crippen LogP contribution in [0.15, 0.2) is 77.2 Å². The van der Waals surface area contributed by atoms with Crippen LogP contribution in [0, 0.1) is 0 Å². The van der Waals surface area contributed by atoms with Crippen molar-refractivity contribution in [3.63, 3.8) is 0 Å². The molecule has 1 aliphatic rings. The summed E-state index contributed by atoms with van der Waals surface area (Å²) in [5.41, 5.74) is 9.84. The Bertz CT molecular complexity index is 1270. The number of methoxy groups -OCH3 is 1. The minimum Gasteiger partial charge on any atom is -0.496 e. The molecule has 0 unspecified atom stereocenters. The van der Waals surface area contributed by atoms with Crippen molar-refractivity contribution in [1.29, 1.82) is 0 Å². The summed E-state index contributed by atoms with van der Waals surface area (Å²) < 4.78 is 11.6. The summed E-state index contributed by atoms with van der Waals surface area (Å²) in [6, 6.07) is 22.5. The van der Waals surface area contributed by atoms with E-state index in [4.69, 9.17) is 9.47 Å². The van der Waals surface area contributed by atoms with Crippen LogP contribution in [0.4, 0.5) is 5.13 Å². The van der Waals surface area contributed by atoms with Gasteiger partial charge < -0.3 is 9.47 Å². The lowest BCUT2D eigenvalue weighted by molar-refractivity contribution is 0.296. The fourth-order valence-corrected chi connectivity index (χ4v) is 4.69. The van der Waals surface area contributed by atoms with Crippen molar-refractivity contribution < 1.29 is 9.47 Å². The molecule has 0 fully saturated rings. The Labute approximate surface area is 197 Å². The minimum absolute atomic E-state index is 0.435. The maximum atomic E-state index is 6.08. The van der Waals surface area contributed by atoms with E-state index >= 15 is 0 Å². The SMILES string of the molecule is COc1ccc(C=NNc2nc(-c3ccccc3)cs2)cc1COc1ccc2c(c1)CCC2. The quantitative estimate of drug-likeness (QED) is 0.249. The first-order valence-corrected chi connectivity index (χ1v) is 11.9. The zero-order valence-corrected chi connectivity index (χ0v) is 19.3. The monoisotopic (exact) mass is 455 g/mol. The van der Waals surface area contributed by atoms with E-state index in [0.29, 0.717) is 6.61 Å². The van der Waals surface area contributed by atoms with Crippen molar-refractivity contribution in [2.24, 2.45) is 5.10 Å². The summed E-state index contributed by atoms with van der Waals surface area (Å²) >= 11 is 1.53. The first-order valence-electron chi connectivity index (χ1n) is 11.0. The molecule has 0 atom stereocenters. The molecule has 5 rings (SSSR count). The lowest BCUT2D eigenvalue weighted by atomic mass is 10.1. The number of ether oxygens (including phenoxy) is 2. The first kappa shape index (κ1) is 21.2. The van der Waals surface area contributed by atoms with Gasteiger partial charge in [0.25, 0.3) is 0 Å². The molecule has 1 N–H and O–H groups in total. The maximum absolute atomic E-state index is 6.08. The van der Waals surface area contributed by atoms with Gasteiger partial charge in [-0.25, -0.2) is 4.98 Å². The summed E-state index contributed by atoms with van der Waals surface area (Å²) in [4.78, 5) is 4.60. The fourth-order valence-electron chi connectivity index (χ4n) is 4.02. The number of nitrogens with one attached hydrogen (secondary N) is 1. The van der Waals surface area contributed by atoms with Gasteiger partial charge in [-0.05, 0) is 66.3 Å². The average molecular weight is 456 g/mol. The summed E-state index contributed by atoms with van der Waals surface area (Å²) in [6.45, 7) is 0.435. The molecule has 1 aromatic heterocycles. The van der Waals surface area contributed by atoms with Crippen molar-refractivity contribution in [3.05, 3.63) is 94.4 Å². The van der Waals surface area contributed by atoms with Crippen LogP contribution in [-0.4, -0.2) is 18.3 Å². The topological polar surface area (TPSA) is 55.7 Å². The Hall–Kier alpha value is -3.64. The van der Waals surface area contributed by atoms with Crippen molar-refractivity contribution in [2.75, 3.05) is 12.5 Å². The van der Waals surface area contributed by atoms with Crippen LogP contribution in [0.1, 0.15) is 28.7 Å². The third-order valence-electron chi connectivity index (χ3n) is 5.72. The summed E-state index contributed by atoms with van der Waals surface area (Å²) in [5, 5.41) is 7.14. The number of benzene rings is 3. The Balaban J connectivity index is 1.24. The van der Waals surface area contributed by atoms with Gasteiger partial charge in [0, 0.05) is 16.5 Å². The number of aromatic nitrogens is 1. The number of hydrogen-bond donors (Lipinski definition) is 1. The van der Waals surface area contributed by atoms with E-state index in [1.54, 1.807) is 13.3 Å². The molecule has 0 radical (unpaired) electrons. The zero-order chi connectivity index (χ0) is 22.5. The number of fused-ring (bicyclic) bond motifs is 1. The van der Waals surface area contributed by atoms with E-state index in [1.807, 2.05) is 53.9 Å². The molecule has 1 aliphatic carbocycles. The highest BCUT2D eigenvalue weighted by Crippen LogP contribution is 2.28. The molecule has 5 nitrogen and oxygen atoms in total. The number of hydrazone groups is 1. The predicted octanol–water partition coefficient (Wildman–Crippen LogP) is 6.33. The lowest BCUT2D eigenvalue weighted by Crippen LogP contribution is -2.01. The molecule has 0 saturated carbocycles. The van der Waals surface area contributed by atoms with Gasteiger partial charge in [-0.15, -0.1) is 11.3 Å². The fraction of sp³-hybridized carbons (Fsp3) is 0.185. The van der Waals surface area contributed by atoms with Gasteiger partial charge in [-0.2, -0.15) is 5.10 Å². The maximum Gasteiger partial charge on any atom is 0.203 e. The van der Waals surface area contributed by atoms with E-state index in [0.717, 1.165) is 45.4 Å². The summed E-state index contributed by atoms with van der Waals surface area (Å²) in [6.07, 6.45) is 5.33. The normalized spacial score (nSPS) is 12.6. The molecule has 0 saturated heterocycles. The molecule has 33 heavy (non-hydrogen) atoms. The Morgan fingerprint density at radius 3 is 2.79 bits per heavy atom. The van der Waals surface area contributed by atoms with Gasteiger partial charge >= 0.3 is 0 Å². The van der Waals surface area contributed by atoms with Gasteiger partial charge in [-0.3, -0.25) is 5.43 Å². The smallest absolute Gasteiger partial charge is 0.203 e. The van der Waals surface area contributed by atoms with E-state index in [9.17, 15) is 0 Å². The van der Waals surface area contributed by atoms with Gasteiger partial charge in [0.2, 0.25) is 5.13 Å². The molecule has 0 aliphatic heterocycles. The molecule has 4 aromatic rings. The molecule has 6 heteroatoms. The van der Waals surface area contributed by atoms with E-state index in [2.05, 4.69) is 33.7 Å². The van der Waals surface area contributed by atoms with Crippen molar-refractivity contribution >= 4 is 22.7 Å². The highest BCUT2D eigenvalue weighted by Gasteiger charge is 2.12. The average Bonchev–Trinajstić information content (AvgIpc) is 3.53. The first-order chi connectivity index (χ1) is 16.3. The summed E-state index contributed by atoms with van der Waals surface area (Å²) in [5.74, 6) is 1.70. The second kappa shape index (κ2) is 9.88. The molecule has 1 heterocycles. The van der Waals surface area contributed by atoms with E-state index in [-0.39, 0.29) is 0 Å². The molecule has 0 bridgehead atoms. The van der Waals surface area contributed by atoms with Gasteiger partial charge in [-0.1, -0.05) is 36.4 Å². The molecule has 166 valence electrons. The number of hydrogen-bond acceptors (Lipinski definition) is 6. The van der Waals surface area contributed by atoms with E-state index in [1.165, 1.54) is 35.3 Å². The third kappa shape index (κ3) is 5.07. The molecular weight excluding hydrogens is 430 g/mol. The number of rotatable bonds is 8. The van der Waals surface area contributed by atoms with Crippen LogP contribution < -0.4 is 14.9 Å². The number of aryl methyl sites for hydroxylation is 2. The van der Waals surface area contributed by atoms with Gasteiger partial charge in [0.1, 0.15) is 18.1 Å².